The largest absolute Gasteiger partial charge is 0.343 e. The molecule has 0 heterocycles. The molecule has 0 aromatic carbocycles. The summed E-state index contributed by atoms with van der Waals surface area (Å²) in [6, 6.07) is 0. The number of carbonyl (C=O) groups excluding carboxylic acids is 1. The minimum absolute atomic E-state index is 0.187. The zero-order valence-corrected chi connectivity index (χ0v) is 10.0. The van der Waals surface area contributed by atoms with E-state index >= 15 is 0 Å². The van der Waals surface area contributed by atoms with E-state index in [9.17, 15) is 4.79 Å². The van der Waals surface area contributed by atoms with E-state index in [2.05, 4.69) is 18.7 Å². The molecule has 0 spiro atoms. The number of hydrogen-bond donors (Lipinski definition) is 0. The Morgan fingerprint density at radius 3 is 1.93 bits per heavy atom. The second kappa shape index (κ2) is 7.80. The maximum Gasteiger partial charge on any atom is 0.219 e. The highest BCUT2D eigenvalue weighted by molar-refractivity contribution is 5.73. The molecular weight excluding hydrogens is 176 g/mol. The van der Waals surface area contributed by atoms with Crippen molar-refractivity contribution in [1.82, 2.24) is 9.80 Å². The first-order valence-electron chi connectivity index (χ1n) is 5.63. The van der Waals surface area contributed by atoms with Gasteiger partial charge < -0.3 is 9.80 Å². The lowest BCUT2D eigenvalue weighted by molar-refractivity contribution is -0.128. The van der Waals surface area contributed by atoms with Crippen molar-refractivity contribution in [2.75, 3.05) is 32.7 Å². The molecule has 0 aliphatic heterocycles. The molecule has 0 saturated heterocycles. The first-order chi connectivity index (χ1) is 6.65. The molecule has 0 rings (SSSR count). The minimum Gasteiger partial charge on any atom is -0.343 e. The summed E-state index contributed by atoms with van der Waals surface area (Å²) in [4.78, 5) is 15.4. The summed E-state index contributed by atoms with van der Waals surface area (Å²) in [5, 5.41) is 0. The average Bonchev–Trinajstić information content (AvgIpc) is 2.18. The topological polar surface area (TPSA) is 23.6 Å². The number of amides is 1. The van der Waals surface area contributed by atoms with E-state index in [0.717, 1.165) is 39.1 Å². The van der Waals surface area contributed by atoms with Crippen LogP contribution in [0.15, 0.2) is 0 Å². The summed E-state index contributed by atoms with van der Waals surface area (Å²) >= 11 is 0. The van der Waals surface area contributed by atoms with Gasteiger partial charge in [0.25, 0.3) is 0 Å². The molecular formula is C11H24N2O. The van der Waals surface area contributed by atoms with Crippen LogP contribution in [-0.2, 0) is 4.79 Å². The first kappa shape index (κ1) is 13.4. The number of rotatable bonds is 7. The van der Waals surface area contributed by atoms with Crippen molar-refractivity contribution in [3.8, 4) is 0 Å². The third kappa shape index (κ3) is 5.22. The van der Waals surface area contributed by atoms with Crippen LogP contribution in [-0.4, -0.2) is 48.4 Å². The molecule has 0 saturated carbocycles. The van der Waals surface area contributed by atoms with Crippen molar-refractivity contribution >= 4 is 5.91 Å². The molecule has 0 bridgehead atoms. The number of carbonyl (C=O) groups is 1. The molecule has 3 heteroatoms. The van der Waals surface area contributed by atoms with Crippen molar-refractivity contribution in [3.63, 3.8) is 0 Å². The number of hydrogen-bond acceptors (Lipinski definition) is 2. The predicted molar refractivity (Wildman–Crippen MR) is 60.3 cm³/mol. The van der Waals surface area contributed by atoms with Crippen LogP contribution in [0.25, 0.3) is 0 Å². The summed E-state index contributed by atoms with van der Waals surface area (Å²) in [5.41, 5.74) is 0. The highest BCUT2D eigenvalue weighted by atomic mass is 16.2. The van der Waals surface area contributed by atoms with Crippen LogP contribution in [0.2, 0.25) is 0 Å². The van der Waals surface area contributed by atoms with Gasteiger partial charge in [0.1, 0.15) is 0 Å². The summed E-state index contributed by atoms with van der Waals surface area (Å²) in [6.07, 6.45) is 1.08. The van der Waals surface area contributed by atoms with Crippen molar-refractivity contribution < 1.29 is 4.79 Å². The third-order valence-electron chi connectivity index (χ3n) is 2.62. The maximum atomic E-state index is 11.1. The van der Waals surface area contributed by atoms with Crippen LogP contribution in [0.4, 0.5) is 0 Å². The van der Waals surface area contributed by atoms with Gasteiger partial charge in [-0.3, -0.25) is 4.79 Å². The normalized spacial score (nSPS) is 10.6. The number of nitrogens with zero attached hydrogens (tertiary/aromatic N) is 2. The Kier molecular flexibility index (Phi) is 7.48. The minimum atomic E-state index is 0.187. The van der Waals surface area contributed by atoms with E-state index in [0.29, 0.717) is 0 Å². The molecule has 3 nitrogen and oxygen atoms in total. The molecule has 14 heavy (non-hydrogen) atoms. The SMILES string of the molecule is CCN(CC)CCCN(CC)C(C)=O. The Morgan fingerprint density at radius 2 is 1.57 bits per heavy atom. The van der Waals surface area contributed by atoms with Gasteiger partial charge in [0.15, 0.2) is 0 Å². The summed E-state index contributed by atoms with van der Waals surface area (Å²) in [5.74, 6) is 0.187. The van der Waals surface area contributed by atoms with Crippen LogP contribution < -0.4 is 0 Å². The highest BCUT2D eigenvalue weighted by Crippen LogP contribution is 1.95. The van der Waals surface area contributed by atoms with Crippen molar-refractivity contribution in [2.45, 2.75) is 34.1 Å². The van der Waals surface area contributed by atoms with E-state index < -0.39 is 0 Å². The summed E-state index contributed by atoms with van der Waals surface area (Å²) < 4.78 is 0. The zero-order valence-electron chi connectivity index (χ0n) is 10.0. The molecule has 1 amide bonds. The van der Waals surface area contributed by atoms with Gasteiger partial charge in [-0.15, -0.1) is 0 Å². The molecule has 0 aromatic heterocycles. The van der Waals surface area contributed by atoms with Gasteiger partial charge in [-0.25, -0.2) is 0 Å². The van der Waals surface area contributed by atoms with E-state index in [4.69, 9.17) is 0 Å². The lowest BCUT2D eigenvalue weighted by Crippen LogP contribution is -2.32. The van der Waals surface area contributed by atoms with Crippen LogP contribution in [0.5, 0.6) is 0 Å². The Hall–Kier alpha value is -0.570. The monoisotopic (exact) mass is 200 g/mol. The Balaban J connectivity index is 3.65. The fourth-order valence-electron chi connectivity index (χ4n) is 1.56. The lowest BCUT2D eigenvalue weighted by Gasteiger charge is -2.22. The molecule has 0 aliphatic carbocycles. The highest BCUT2D eigenvalue weighted by Gasteiger charge is 2.05. The molecule has 0 fully saturated rings. The summed E-state index contributed by atoms with van der Waals surface area (Å²) in [6.45, 7) is 13.0. The quantitative estimate of drug-likeness (QED) is 0.623. The van der Waals surface area contributed by atoms with E-state index in [1.54, 1.807) is 6.92 Å². The Morgan fingerprint density at radius 1 is 1.00 bits per heavy atom. The van der Waals surface area contributed by atoms with Gasteiger partial charge in [0.05, 0.1) is 0 Å². The van der Waals surface area contributed by atoms with Crippen LogP contribution in [0.1, 0.15) is 34.1 Å². The standard InChI is InChI=1S/C11H24N2O/c1-5-12(6-2)9-8-10-13(7-3)11(4)14/h5-10H2,1-4H3. The average molecular weight is 200 g/mol. The third-order valence-corrected chi connectivity index (χ3v) is 2.62. The molecule has 84 valence electrons. The molecule has 0 aliphatic rings. The molecule has 0 radical (unpaired) electrons. The van der Waals surface area contributed by atoms with Gasteiger partial charge in [-0.1, -0.05) is 13.8 Å². The molecule has 0 atom stereocenters. The van der Waals surface area contributed by atoms with E-state index in [1.165, 1.54) is 0 Å². The van der Waals surface area contributed by atoms with Crippen LogP contribution in [0.3, 0.4) is 0 Å². The van der Waals surface area contributed by atoms with Gasteiger partial charge in [0, 0.05) is 20.0 Å². The van der Waals surface area contributed by atoms with Crippen LogP contribution in [0, 0.1) is 0 Å². The maximum absolute atomic E-state index is 11.1. The second-order valence-electron chi connectivity index (χ2n) is 3.48. The zero-order chi connectivity index (χ0) is 11.0. The first-order valence-corrected chi connectivity index (χ1v) is 5.63. The van der Waals surface area contributed by atoms with Gasteiger partial charge in [-0.05, 0) is 33.0 Å². The predicted octanol–water partition coefficient (Wildman–Crippen LogP) is 1.59. The van der Waals surface area contributed by atoms with Crippen molar-refractivity contribution in [1.29, 1.82) is 0 Å². The summed E-state index contributed by atoms with van der Waals surface area (Å²) in [7, 11) is 0. The van der Waals surface area contributed by atoms with Gasteiger partial charge >= 0.3 is 0 Å². The molecule has 0 aromatic rings. The van der Waals surface area contributed by atoms with Gasteiger partial charge in [-0.2, -0.15) is 0 Å². The Labute approximate surface area is 88.1 Å². The van der Waals surface area contributed by atoms with Gasteiger partial charge in [0.2, 0.25) is 5.91 Å². The second-order valence-corrected chi connectivity index (χ2v) is 3.48. The fraction of sp³-hybridized carbons (Fsp3) is 0.909. The van der Waals surface area contributed by atoms with Crippen LogP contribution >= 0.6 is 0 Å². The van der Waals surface area contributed by atoms with E-state index in [1.807, 2.05) is 11.8 Å². The smallest absolute Gasteiger partial charge is 0.219 e. The molecule has 0 N–H and O–H groups in total. The fourth-order valence-corrected chi connectivity index (χ4v) is 1.56. The Bertz CT molecular complexity index is 155. The lowest BCUT2D eigenvalue weighted by atomic mass is 10.3. The molecule has 0 unspecified atom stereocenters. The van der Waals surface area contributed by atoms with E-state index in [-0.39, 0.29) is 5.91 Å². The van der Waals surface area contributed by atoms with Crippen molar-refractivity contribution in [3.05, 3.63) is 0 Å². The van der Waals surface area contributed by atoms with Crippen molar-refractivity contribution in [2.24, 2.45) is 0 Å².